The van der Waals surface area contributed by atoms with Gasteiger partial charge in [-0.2, -0.15) is 0 Å². The van der Waals surface area contributed by atoms with Crippen molar-refractivity contribution in [3.8, 4) is 5.75 Å². The van der Waals surface area contributed by atoms with Crippen molar-refractivity contribution >= 4 is 0 Å². The Morgan fingerprint density at radius 2 is 1.41 bits per heavy atom. The Kier molecular flexibility index (Phi) is 10.4. The molecule has 0 radical (unpaired) electrons. The molecule has 4 rings (SSSR count). The number of hydrogen-bond acceptors (Lipinski definition) is 2. The molecule has 0 atom stereocenters. The first kappa shape index (κ1) is 28.0. The number of aryl methyl sites for hydroxylation is 1. The normalized spacial score (nSPS) is 24.2. The highest BCUT2D eigenvalue weighted by Gasteiger charge is 2.30. The summed E-state index contributed by atoms with van der Waals surface area (Å²) in [5.74, 6) is -0.301. The molecule has 204 valence electrons. The van der Waals surface area contributed by atoms with Crippen LogP contribution >= 0.6 is 0 Å². The minimum absolute atomic E-state index is 0.0599. The van der Waals surface area contributed by atoms with Gasteiger partial charge in [0.15, 0.2) is 11.6 Å². The number of halogens is 3. The molecule has 2 aliphatic rings. The highest BCUT2D eigenvalue weighted by molar-refractivity contribution is 5.32. The van der Waals surface area contributed by atoms with Gasteiger partial charge in [-0.15, -0.1) is 0 Å². The van der Waals surface area contributed by atoms with Crippen molar-refractivity contribution in [1.29, 1.82) is 0 Å². The molecule has 0 aliphatic heterocycles. The van der Waals surface area contributed by atoms with Gasteiger partial charge < -0.3 is 9.47 Å². The van der Waals surface area contributed by atoms with Crippen LogP contribution in [0.25, 0.3) is 0 Å². The van der Waals surface area contributed by atoms with E-state index in [0.717, 1.165) is 82.8 Å². The average Bonchev–Trinajstić information content (AvgIpc) is 2.91. The van der Waals surface area contributed by atoms with Gasteiger partial charge in [0, 0.05) is 12.7 Å². The largest absolute Gasteiger partial charge is 0.494 e. The molecule has 2 aromatic rings. The first-order chi connectivity index (χ1) is 18.0. The van der Waals surface area contributed by atoms with Gasteiger partial charge >= 0.3 is 0 Å². The standard InChI is InChI=1S/C32H43F3O2/c1-3-5-20-37-26-15-12-24(13-16-26)29-19-18-28(31(34)32(29)35)23-9-6-22(7-10-23)8-11-25-14-17-27(36-4-2)21-30(25)33/h14,17-19,21-24,26H,3-13,15-16,20H2,1-2H3. The molecule has 0 heterocycles. The molecule has 0 N–H and O–H groups in total. The van der Waals surface area contributed by atoms with E-state index in [1.165, 1.54) is 6.07 Å². The summed E-state index contributed by atoms with van der Waals surface area (Å²) in [6.45, 7) is 5.35. The molecular formula is C32H43F3O2. The summed E-state index contributed by atoms with van der Waals surface area (Å²) in [5, 5.41) is 0. The second-order valence-electron chi connectivity index (χ2n) is 11.0. The van der Waals surface area contributed by atoms with Crippen LogP contribution in [0.2, 0.25) is 0 Å². The van der Waals surface area contributed by atoms with Crippen LogP contribution in [0.3, 0.4) is 0 Å². The van der Waals surface area contributed by atoms with Gasteiger partial charge in [-0.3, -0.25) is 0 Å². The lowest BCUT2D eigenvalue weighted by Crippen LogP contribution is -2.22. The van der Waals surface area contributed by atoms with Gasteiger partial charge in [0.1, 0.15) is 11.6 Å². The summed E-state index contributed by atoms with van der Waals surface area (Å²) in [5.41, 5.74) is 1.80. The van der Waals surface area contributed by atoms with E-state index < -0.39 is 11.6 Å². The van der Waals surface area contributed by atoms with Crippen LogP contribution in [0.15, 0.2) is 30.3 Å². The highest BCUT2D eigenvalue weighted by Crippen LogP contribution is 2.41. The third kappa shape index (κ3) is 7.31. The Balaban J connectivity index is 1.27. The van der Waals surface area contributed by atoms with Gasteiger partial charge in [0.25, 0.3) is 0 Å². The smallest absolute Gasteiger partial charge is 0.162 e. The number of ether oxygens (including phenoxy) is 2. The maximum absolute atomic E-state index is 15.2. The van der Waals surface area contributed by atoms with Crippen molar-refractivity contribution in [1.82, 2.24) is 0 Å². The first-order valence-corrected chi connectivity index (χ1v) is 14.5. The van der Waals surface area contributed by atoms with Crippen LogP contribution in [0.4, 0.5) is 13.2 Å². The lowest BCUT2D eigenvalue weighted by Gasteiger charge is -2.31. The maximum Gasteiger partial charge on any atom is 0.162 e. The zero-order valence-electron chi connectivity index (χ0n) is 22.5. The molecule has 2 aliphatic carbocycles. The molecule has 0 aromatic heterocycles. The average molecular weight is 517 g/mol. The van der Waals surface area contributed by atoms with Crippen LogP contribution in [-0.2, 0) is 11.2 Å². The van der Waals surface area contributed by atoms with E-state index in [9.17, 15) is 4.39 Å². The van der Waals surface area contributed by atoms with E-state index in [1.807, 2.05) is 31.2 Å². The Hall–Kier alpha value is -2.01. The first-order valence-electron chi connectivity index (χ1n) is 14.5. The van der Waals surface area contributed by atoms with E-state index in [0.29, 0.717) is 35.8 Å². The van der Waals surface area contributed by atoms with E-state index in [-0.39, 0.29) is 23.8 Å². The summed E-state index contributed by atoms with van der Waals surface area (Å²) in [6.07, 6.45) is 11.2. The molecule has 0 bridgehead atoms. The Bertz CT molecular complexity index is 992. The summed E-state index contributed by atoms with van der Waals surface area (Å²) in [7, 11) is 0. The summed E-state index contributed by atoms with van der Waals surface area (Å²) >= 11 is 0. The van der Waals surface area contributed by atoms with Crippen molar-refractivity contribution < 1.29 is 22.6 Å². The molecule has 37 heavy (non-hydrogen) atoms. The molecule has 0 saturated heterocycles. The monoisotopic (exact) mass is 516 g/mol. The van der Waals surface area contributed by atoms with Crippen molar-refractivity contribution in [3.05, 3.63) is 64.5 Å². The summed E-state index contributed by atoms with van der Waals surface area (Å²) in [6, 6.07) is 8.80. The molecule has 2 aromatic carbocycles. The fraction of sp³-hybridized carbons (Fsp3) is 0.625. The Labute approximate surface area is 220 Å². The van der Waals surface area contributed by atoms with Gasteiger partial charge in [0.05, 0.1) is 12.7 Å². The lowest BCUT2D eigenvalue weighted by molar-refractivity contribution is 0.0230. The predicted octanol–water partition coefficient (Wildman–Crippen LogP) is 9.25. The number of hydrogen-bond donors (Lipinski definition) is 0. The number of benzene rings is 2. The van der Waals surface area contributed by atoms with Crippen molar-refractivity contribution in [2.24, 2.45) is 5.92 Å². The van der Waals surface area contributed by atoms with Crippen molar-refractivity contribution in [3.63, 3.8) is 0 Å². The van der Waals surface area contributed by atoms with Gasteiger partial charge in [-0.05, 0) is 118 Å². The molecule has 0 unspecified atom stereocenters. The molecule has 0 spiro atoms. The Morgan fingerprint density at radius 3 is 1.97 bits per heavy atom. The molecule has 2 saturated carbocycles. The quantitative estimate of drug-likeness (QED) is 0.277. The van der Waals surface area contributed by atoms with E-state index in [4.69, 9.17) is 9.47 Å². The molecule has 2 nitrogen and oxygen atoms in total. The second kappa shape index (κ2) is 13.7. The van der Waals surface area contributed by atoms with Crippen LogP contribution in [0, 0.1) is 23.4 Å². The van der Waals surface area contributed by atoms with Gasteiger partial charge in [0.2, 0.25) is 0 Å². The third-order valence-electron chi connectivity index (χ3n) is 8.55. The van der Waals surface area contributed by atoms with Gasteiger partial charge in [-0.25, -0.2) is 13.2 Å². The van der Waals surface area contributed by atoms with Crippen LogP contribution in [0.5, 0.6) is 5.75 Å². The molecular weight excluding hydrogens is 473 g/mol. The Morgan fingerprint density at radius 1 is 0.784 bits per heavy atom. The molecule has 5 heteroatoms. The fourth-order valence-electron chi connectivity index (χ4n) is 6.25. The minimum atomic E-state index is -0.640. The molecule has 2 fully saturated rings. The van der Waals surface area contributed by atoms with E-state index in [1.54, 1.807) is 0 Å². The number of rotatable bonds is 11. The fourth-order valence-corrected chi connectivity index (χ4v) is 6.25. The zero-order valence-corrected chi connectivity index (χ0v) is 22.5. The van der Waals surface area contributed by atoms with Crippen LogP contribution in [0.1, 0.15) is 113 Å². The SMILES string of the molecule is CCCCOC1CCC(c2ccc(C3CCC(CCc4ccc(OCC)cc4F)CC3)c(F)c2F)CC1. The van der Waals surface area contributed by atoms with E-state index >= 15 is 8.78 Å². The van der Waals surface area contributed by atoms with Gasteiger partial charge in [-0.1, -0.05) is 31.5 Å². The second-order valence-corrected chi connectivity index (χ2v) is 11.0. The molecule has 0 amide bonds. The summed E-state index contributed by atoms with van der Waals surface area (Å²) < 4.78 is 56.1. The number of unbranched alkanes of at least 4 members (excludes halogenated alkanes) is 1. The third-order valence-corrected chi connectivity index (χ3v) is 8.55. The minimum Gasteiger partial charge on any atom is -0.494 e. The predicted molar refractivity (Wildman–Crippen MR) is 143 cm³/mol. The van der Waals surface area contributed by atoms with Crippen LogP contribution < -0.4 is 4.74 Å². The maximum atomic E-state index is 15.2. The summed E-state index contributed by atoms with van der Waals surface area (Å²) in [4.78, 5) is 0. The van der Waals surface area contributed by atoms with Crippen LogP contribution in [-0.4, -0.2) is 19.3 Å². The topological polar surface area (TPSA) is 18.5 Å². The lowest BCUT2D eigenvalue weighted by atomic mass is 9.76. The zero-order chi connectivity index (χ0) is 26.2. The van der Waals surface area contributed by atoms with E-state index in [2.05, 4.69) is 6.92 Å². The highest BCUT2D eigenvalue weighted by atomic mass is 19.2. The van der Waals surface area contributed by atoms with Crippen molar-refractivity contribution in [2.75, 3.05) is 13.2 Å². The van der Waals surface area contributed by atoms with Crippen molar-refractivity contribution in [2.45, 2.75) is 109 Å².